The molecule has 2 aromatic carbocycles. The highest BCUT2D eigenvalue weighted by Crippen LogP contribution is 2.31. The Labute approximate surface area is 155 Å². The van der Waals surface area contributed by atoms with E-state index in [0.717, 1.165) is 12.3 Å². The average Bonchev–Trinajstić information content (AvgIpc) is 2.57. The lowest BCUT2D eigenvalue weighted by molar-refractivity contribution is -0.137. The molecule has 0 fully saturated rings. The first-order valence-electron chi connectivity index (χ1n) is 6.94. The lowest BCUT2D eigenvalue weighted by Crippen LogP contribution is -2.32. The Bertz CT molecular complexity index is 870. The van der Waals surface area contributed by atoms with Gasteiger partial charge in [-0.1, -0.05) is 41.4 Å². The molecule has 10 heteroatoms. The van der Waals surface area contributed by atoms with Gasteiger partial charge in [0.1, 0.15) is 0 Å². The van der Waals surface area contributed by atoms with Crippen LogP contribution < -0.4 is 10.7 Å². The molecule has 0 aliphatic rings. The van der Waals surface area contributed by atoms with Gasteiger partial charge in [0.25, 0.3) is 0 Å². The molecule has 0 heterocycles. The van der Waals surface area contributed by atoms with Crippen LogP contribution in [0.25, 0.3) is 0 Å². The number of hydrazone groups is 1. The predicted molar refractivity (Wildman–Crippen MR) is 92.3 cm³/mol. The van der Waals surface area contributed by atoms with E-state index in [2.05, 4.69) is 10.4 Å². The highest BCUT2D eigenvalue weighted by atomic mass is 35.5. The molecule has 2 N–H and O–H groups in total. The van der Waals surface area contributed by atoms with Crippen molar-refractivity contribution in [2.75, 3.05) is 5.32 Å². The minimum Gasteiger partial charge on any atom is -0.316 e. The second-order valence-electron chi connectivity index (χ2n) is 4.86. The Balaban J connectivity index is 2.04. The van der Waals surface area contributed by atoms with Gasteiger partial charge in [-0.05, 0) is 24.3 Å². The highest BCUT2D eigenvalue weighted by Gasteiger charge is 2.32. The molecule has 0 saturated heterocycles. The molecule has 0 spiro atoms. The summed E-state index contributed by atoms with van der Waals surface area (Å²) in [5.41, 5.74) is 0.753. The molecular weight excluding hydrogens is 394 g/mol. The molecule has 2 amide bonds. The topological polar surface area (TPSA) is 70.6 Å². The molecule has 0 radical (unpaired) electrons. The van der Waals surface area contributed by atoms with Crippen LogP contribution in [0.2, 0.25) is 10.0 Å². The van der Waals surface area contributed by atoms with Crippen molar-refractivity contribution >= 4 is 46.9 Å². The number of nitrogens with zero attached hydrogens (tertiary/aromatic N) is 1. The molecule has 0 unspecified atom stereocenters. The monoisotopic (exact) mass is 403 g/mol. The molecule has 0 aliphatic heterocycles. The second-order valence-corrected chi connectivity index (χ2v) is 5.71. The van der Waals surface area contributed by atoms with Crippen LogP contribution in [0.4, 0.5) is 18.9 Å². The number of rotatable bonds is 3. The molecule has 5 nitrogen and oxygen atoms in total. The minimum absolute atomic E-state index is 0.103. The van der Waals surface area contributed by atoms with Crippen molar-refractivity contribution in [3.63, 3.8) is 0 Å². The summed E-state index contributed by atoms with van der Waals surface area (Å²) in [7, 11) is 0. The van der Waals surface area contributed by atoms with Crippen LogP contribution in [-0.4, -0.2) is 18.0 Å². The van der Waals surface area contributed by atoms with E-state index in [9.17, 15) is 22.8 Å². The third-order valence-corrected chi connectivity index (χ3v) is 3.58. The summed E-state index contributed by atoms with van der Waals surface area (Å²) in [6.07, 6.45) is -3.78. The summed E-state index contributed by atoms with van der Waals surface area (Å²) in [6, 6.07) is 8.89. The molecule has 136 valence electrons. The van der Waals surface area contributed by atoms with Crippen LogP contribution in [0.3, 0.4) is 0 Å². The van der Waals surface area contributed by atoms with Crippen LogP contribution >= 0.6 is 23.2 Å². The van der Waals surface area contributed by atoms with Crippen molar-refractivity contribution < 1.29 is 22.8 Å². The number of anilines is 1. The van der Waals surface area contributed by atoms with Crippen molar-refractivity contribution in [1.29, 1.82) is 0 Å². The van der Waals surface area contributed by atoms with Crippen LogP contribution in [0, 0.1) is 0 Å². The second kappa shape index (κ2) is 8.20. The Morgan fingerprint density at radius 2 is 1.73 bits per heavy atom. The number of carbonyl (C=O) groups is 2. The first-order valence-corrected chi connectivity index (χ1v) is 7.69. The van der Waals surface area contributed by atoms with E-state index in [1.807, 2.05) is 5.43 Å². The van der Waals surface area contributed by atoms with E-state index in [0.29, 0.717) is 0 Å². The van der Waals surface area contributed by atoms with E-state index in [4.69, 9.17) is 23.2 Å². The van der Waals surface area contributed by atoms with E-state index >= 15 is 0 Å². The van der Waals surface area contributed by atoms with Crippen molar-refractivity contribution in [3.05, 3.63) is 63.6 Å². The molecule has 0 aromatic heterocycles. The molecule has 2 aromatic rings. The maximum atomic E-state index is 12.8. The average molecular weight is 404 g/mol. The van der Waals surface area contributed by atoms with Gasteiger partial charge >= 0.3 is 18.0 Å². The molecule has 0 atom stereocenters. The van der Waals surface area contributed by atoms with E-state index in [1.165, 1.54) is 36.4 Å². The third-order valence-electron chi connectivity index (χ3n) is 3.02. The number of alkyl halides is 3. The zero-order valence-corrected chi connectivity index (χ0v) is 14.3. The van der Waals surface area contributed by atoms with Gasteiger partial charge in [-0.25, -0.2) is 5.43 Å². The van der Waals surface area contributed by atoms with Gasteiger partial charge in [0.15, 0.2) is 0 Å². The zero-order chi connectivity index (χ0) is 19.3. The lowest BCUT2D eigenvalue weighted by atomic mass is 10.1. The van der Waals surface area contributed by atoms with Gasteiger partial charge in [-0.2, -0.15) is 18.3 Å². The fraction of sp³-hybridized carbons (Fsp3) is 0.0625. The largest absolute Gasteiger partial charge is 0.417 e. The maximum Gasteiger partial charge on any atom is 0.417 e. The first kappa shape index (κ1) is 19.7. The quantitative estimate of drug-likeness (QED) is 0.460. The summed E-state index contributed by atoms with van der Waals surface area (Å²) < 4.78 is 38.5. The Hall–Kier alpha value is -2.58. The molecule has 26 heavy (non-hydrogen) atoms. The van der Waals surface area contributed by atoms with Crippen LogP contribution in [-0.2, 0) is 15.8 Å². The van der Waals surface area contributed by atoms with Crippen LogP contribution in [0.15, 0.2) is 47.6 Å². The van der Waals surface area contributed by atoms with E-state index < -0.39 is 23.6 Å². The van der Waals surface area contributed by atoms with Gasteiger partial charge in [0, 0.05) is 10.6 Å². The SMILES string of the molecule is O=C(N/N=C/c1ccccc1C(F)(F)F)C(=O)Nc1cc(Cl)ccc1Cl. The van der Waals surface area contributed by atoms with E-state index in [1.54, 1.807) is 0 Å². The summed E-state index contributed by atoms with van der Waals surface area (Å²) in [6.45, 7) is 0. The van der Waals surface area contributed by atoms with Gasteiger partial charge < -0.3 is 5.32 Å². The minimum atomic E-state index is -4.58. The van der Waals surface area contributed by atoms with Gasteiger partial charge in [0.05, 0.1) is 22.5 Å². The number of hydrogen-bond acceptors (Lipinski definition) is 3. The summed E-state index contributed by atoms with van der Waals surface area (Å²) in [4.78, 5) is 23.4. The number of amides is 2. The zero-order valence-electron chi connectivity index (χ0n) is 12.8. The number of carbonyl (C=O) groups excluding carboxylic acids is 2. The Morgan fingerprint density at radius 1 is 1.04 bits per heavy atom. The van der Waals surface area contributed by atoms with Crippen molar-refractivity contribution in [2.45, 2.75) is 6.18 Å². The number of hydrogen-bond donors (Lipinski definition) is 2. The molecule has 0 bridgehead atoms. The maximum absolute atomic E-state index is 12.8. The molecular formula is C16H10Cl2F3N3O2. The first-order chi connectivity index (χ1) is 12.2. The van der Waals surface area contributed by atoms with Crippen molar-refractivity contribution in [2.24, 2.45) is 5.10 Å². The third kappa shape index (κ3) is 5.21. The Morgan fingerprint density at radius 3 is 2.42 bits per heavy atom. The fourth-order valence-corrected chi connectivity index (χ4v) is 2.19. The Kier molecular flexibility index (Phi) is 6.23. The molecule has 0 saturated carbocycles. The molecule has 2 rings (SSSR count). The normalized spacial score (nSPS) is 11.4. The van der Waals surface area contributed by atoms with Crippen molar-refractivity contribution in [3.8, 4) is 0 Å². The number of benzene rings is 2. The molecule has 0 aliphatic carbocycles. The van der Waals surface area contributed by atoms with Crippen LogP contribution in [0.5, 0.6) is 0 Å². The summed E-state index contributed by atoms with van der Waals surface area (Å²) in [5.74, 6) is -2.31. The number of nitrogens with one attached hydrogen (secondary N) is 2. The van der Waals surface area contributed by atoms with Crippen LogP contribution in [0.1, 0.15) is 11.1 Å². The predicted octanol–water partition coefficient (Wildman–Crippen LogP) is 4.10. The van der Waals surface area contributed by atoms with Crippen molar-refractivity contribution in [1.82, 2.24) is 5.43 Å². The van der Waals surface area contributed by atoms with Gasteiger partial charge in [0.2, 0.25) is 0 Å². The summed E-state index contributed by atoms with van der Waals surface area (Å²) >= 11 is 11.6. The lowest BCUT2D eigenvalue weighted by Gasteiger charge is -2.09. The standard InChI is InChI=1S/C16H10Cl2F3N3O2/c17-10-5-6-12(18)13(7-10)23-14(25)15(26)24-22-8-9-3-1-2-4-11(9)16(19,20)21/h1-8H,(H,23,25)(H,24,26)/b22-8+. The smallest absolute Gasteiger partial charge is 0.316 e. The fourth-order valence-electron chi connectivity index (χ4n) is 1.85. The van der Waals surface area contributed by atoms with Gasteiger partial charge in [-0.3, -0.25) is 9.59 Å². The number of halogens is 5. The summed E-state index contributed by atoms with van der Waals surface area (Å²) in [5, 5.41) is 6.02. The van der Waals surface area contributed by atoms with Gasteiger partial charge in [-0.15, -0.1) is 0 Å². The highest BCUT2D eigenvalue weighted by molar-refractivity contribution is 6.42. The van der Waals surface area contributed by atoms with E-state index in [-0.39, 0.29) is 21.3 Å².